The van der Waals surface area contributed by atoms with Gasteiger partial charge in [-0.05, 0) is 42.4 Å². The van der Waals surface area contributed by atoms with Crippen LogP contribution in [0.5, 0.6) is 0 Å². The predicted molar refractivity (Wildman–Crippen MR) is 72.1 cm³/mol. The average Bonchev–Trinajstić information content (AvgIpc) is 2.80. The standard InChI is InChI=1S/C16H18F3N/c17-16(18,19)15-7-5-12(6-8-15)9-20-10-13-3-1-2-4-14(13)11-20/h1-2,5-8,13-14H,3-4,9-11H2. The molecule has 1 aliphatic carbocycles. The third kappa shape index (κ3) is 2.90. The molecular weight excluding hydrogens is 263 g/mol. The molecule has 0 radical (unpaired) electrons. The van der Waals surface area contributed by atoms with Crippen molar-refractivity contribution in [3.63, 3.8) is 0 Å². The highest BCUT2D eigenvalue weighted by atomic mass is 19.4. The van der Waals surface area contributed by atoms with Gasteiger partial charge in [-0.3, -0.25) is 4.90 Å². The minimum atomic E-state index is -4.24. The van der Waals surface area contributed by atoms with Crippen LogP contribution in [-0.2, 0) is 12.7 Å². The highest BCUT2D eigenvalue weighted by Crippen LogP contribution is 2.34. The number of halogens is 3. The second kappa shape index (κ2) is 5.24. The molecule has 0 amide bonds. The summed E-state index contributed by atoms with van der Waals surface area (Å²) in [7, 11) is 0. The van der Waals surface area contributed by atoms with Gasteiger partial charge in [0.2, 0.25) is 0 Å². The van der Waals surface area contributed by atoms with Gasteiger partial charge >= 0.3 is 6.18 Å². The third-order valence-electron chi connectivity index (χ3n) is 4.38. The molecule has 3 rings (SSSR count). The molecule has 0 spiro atoms. The fourth-order valence-electron chi connectivity index (χ4n) is 3.30. The van der Waals surface area contributed by atoms with Crippen molar-refractivity contribution in [1.29, 1.82) is 0 Å². The minimum absolute atomic E-state index is 0.569. The SMILES string of the molecule is FC(F)(F)c1ccc(CN2CC3CC=CCC3C2)cc1. The number of hydrogen-bond acceptors (Lipinski definition) is 1. The quantitative estimate of drug-likeness (QED) is 0.738. The first-order chi connectivity index (χ1) is 9.52. The Morgan fingerprint density at radius 3 is 2.00 bits per heavy atom. The molecule has 1 saturated heterocycles. The normalized spacial score (nSPS) is 26.8. The van der Waals surface area contributed by atoms with E-state index in [2.05, 4.69) is 17.1 Å². The Balaban J connectivity index is 1.62. The molecule has 1 aromatic rings. The molecule has 1 heterocycles. The van der Waals surface area contributed by atoms with Crippen molar-refractivity contribution in [1.82, 2.24) is 4.90 Å². The van der Waals surface area contributed by atoms with Crippen LogP contribution in [0.1, 0.15) is 24.0 Å². The molecule has 0 saturated carbocycles. The van der Waals surface area contributed by atoms with E-state index in [1.165, 1.54) is 12.1 Å². The van der Waals surface area contributed by atoms with E-state index >= 15 is 0 Å². The fraction of sp³-hybridized carbons (Fsp3) is 0.500. The zero-order valence-corrected chi connectivity index (χ0v) is 11.2. The summed E-state index contributed by atoms with van der Waals surface area (Å²) in [4.78, 5) is 2.37. The molecule has 2 aliphatic rings. The van der Waals surface area contributed by atoms with Crippen LogP contribution < -0.4 is 0 Å². The lowest BCUT2D eigenvalue weighted by Gasteiger charge is -2.18. The minimum Gasteiger partial charge on any atom is -0.298 e. The molecule has 0 aromatic heterocycles. The lowest BCUT2D eigenvalue weighted by atomic mass is 9.86. The van der Waals surface area contributed by atoms with Gasteiger partial charge in [0.25, 0.3) is 0 Å². The molecule has 1 aromatic carbocycles. The summed E-state index contributed by atoms with van der Waals surface area (Å²) in [5.74, 6) is 1.46. The smallest absolute Gasteiger partial charge is 0.298 e. The number of nitrogens with zero attached hydrogens (tertiary/aromatic N) is 1. The van der Waals surface area contributed by atoms with Gasteiger partial charge in [-0.1, -0.05) is 24.3 Å². The van der Waals surface area contributed by atoms with Gasteiger partial charge in [0.05, 0.1) is 5.56 Å². The predicted octanol–water partition coefficient (Wildman–Crippen LogP) is 4.10. The molecule has 108 valence electrons. The first-order valence-corrected chi connectivity index (χ1v) is 7.06. The monoisotopic (exact) mass is 281 g/mol. The van der Waals surface area contributed by atoms with Gasteiger partial charge in [-0.15, -0.1) is 0 Å². The van der Waals surface area contributed by atoms with E-state index in [1.807, 2.05) is 0 Å². The van der Waals surface area contributed by atoms with E-state index in [0.717, 1.165) is 49.9 Å². The topological polar surface area (TPSA) is 3.24 Å². The molecule has 0 N–H and O–H groups in total. The molecule has 1 aliphatic heterocycles. The zero-order valence-electron chi connectivity index (χ0n) is 11.2. The molecule has 1 fully saturated rings. The Labute approximate surface area is 117 Å². The summed E-state index contributed by atoms with van der Waals surface area (Å²) < 4.78 is 37.5. The Hall–Kier alpha value is -1.29. The van der Waals surface area contributed by atoms with E-state index in [0.29, 0.717) is 0 Å². The van der Waals surface area contributed by atoms with Crippen molar-refractivity contribution < 1.29 is 13.2 Å². The van der Waals surface area contributed by atoms with Crippen LogP contribution in [-0.4, -0.2) is 18.0 Å². The Morgan fingerprint density at radius 2 is 1.50 bits per heavy atom. The Morgan fingerprint density at radius 1 is 0.950 bits per heavy atom. The summed E-state index contributed by atoms with van der Waals surface area (Å²) >= 11 is 0. The van der Waals surface area contributed by atoms with Crippen LogP contribution in [0.2, 0.25) is 0 Å². The van der Waals surface area contributed by atoms with Gasteiger partial charge in [-0.25, -0.2) is 0 Å². The second-order valence-corrected chi connectivity index (χ2v) is 5.85. The van der Waals surface area contributed by atoms with E-state index in [4.69, 9.17) is 0 Å². The van der Waals surface area contributed by atoms with Gasteiger partial charge in [0.1, 0.15) is 0 Å². The Bertz CT molecular complexity index is 473. The van der Waals surface area contributed by atoms with Gasteiger partial charge < -0.3 is 0 Å². The first kappa shape index (κ1) is 13.7. The van der Waals surface area contributed by atoms with Crippen LogP contribution in [0.15, 0.2) is 36.4 Å². The lowest BCUT2D eigenvalue weighted by molar-refractivity contribution is -0.137. The number of fused-ring (bicyclic) bond motifs is 1. The van der Waals surface area contributed by atoms with Crippen molar-refractivity contribution in [2.24, 2.45) is 11.8 Å². The summed E-state index contributed by atoms with van der Waals surface area (Å²) in [6, 6.07) is 5.56. The second-order valence-electron chi connectivity index (χ2n) is 5.85. The van der Waals surface area contributed by atoms with Crippen molar-refractivity contribution in [2.45, 2.75) is 25.6 Å². The van der Waals surface area contributed by atoms with Crippen molar-refractivity contribution in [3.05, 3.63) is 47.5 Å². The van der Waals surface area contributed by atoms with Gasteiger partial charge in [0, 0.05) is 19.6 Å². The number of benzene rings is 1. The number of hydrogen-bond donors (Lipinski definition) is 0. The van der Waals surface area contributed by atoms with Crippen LogP contribution >= 0.6 is 0 Å². The van der Waals surface area contributed by atoms with Crippen molar-refractivity contribution in [2.75, 3.05) is 13.1 Å². The summed E-state index contributed by atoms with van der Waals surface area (Å²) in [6.07, 6.45) is 2.56. The van der Waals surface area contributed by atoms with E-state index in [9.17, 15) is 13.2 Å². The molecule has 4 heteroatoms. The number of rotatable bonds is 2. The van der Waals surface area contributed by atoms with Crippen LogP contribution in [0.3, 0.4) is 0 Å². The van der Waals surface area contributed by atoms with E-state index in [1.54, 1.807) is 12.1 Å². The maximum Gasteiger partial charge on any atom is 0.416 e. The number of alkyl halides is 3. The zero-order chi connectivity index (χ0) is 14.2. The molecule has 1 nitrogen and oxygen atoms in total. The lowest BCUT2D eigenvalue weighted by Crippen LogP contribution is -2.20. The number of allylic oxidation sites excluding steroid dienone is 2. The van der Waals surface area contributed by atoms with Crippen LogP contribution in [0.25, 0.3) is 0 Å². The average molecular weight is 281 g/mol. The molecule has 2 atom stereocenters. The Kier molecular flexibility index (Phi) is 3.59. The van der Waals surface area contributed by atoms with Crippen LogP contribution in [0, 0.1) is 11.8 Å². The summed E-state index contributed by atoms with van der Waals surface area (Å²) in [6.45, 7) is 2.89. The highest BCUT2D eigenvalue weighted by Gasteiger charge is 2.33. The van der Waals surface area contributed by atoms with E-state index in [-0.39, 0.29) is 0 Å². The fourth-order valence-corrected chi connectivity index (χ4v) is 3.30. The maximum absolute atomic E-state index is 12.5. The van der Waals surface area contributed by atoms with Gasteiger partial charge in [0.15, 0.2) is 0 Å². The van der Waals surface area contributed by atoms with Gasteiger partial charge in [-0.2, -0.15) is 13.2 Å². The maximum atomic E-state index is 12.5. The number of likely N-dealkylation sites (tertiary alicyclic amines) is 1. The van der Waals surface area contributed by atoms with Crippen LogP contribution in [0.4, 0.5) is 13.2 Å². The van der Waals surface area contributed by atoms with E-state index < -0.39 is 11.7 Å². The van der Waals surface area contributed by atoms with Crippen molar-refractivity contribution >= 4 is 0 Å². The molecule has 20 heavy (non-hydrogen) atoms. The first-order valence-electron chi connectivity index (χ1n) is 7.06. The molecule has 0 bridgehead atoms. The highest BCUT2D eigenvalue weighted by molar-refractivity contribution is 5.24. The van der Waals surface area contributed by atoms with Crippen molar-refractivity contribution in [3.8, 4) is 0 Å². The molecule has 2 unspecified atom stereocenters. The third-order valence-corrected chi connectivity index (χ3v) is 4.38. The summed E-state index contributed by atoms with van der Waals surface area (Å²) in [5.41, 5.74) is 0.394. The largest absolute Gasteiger partial charge is 0.416 e. The summed E-state index contributed by atoms with van der Waals surface area (Å²) in [5, 5.41) is 0. The molecular formula is C16H18F3N.